The molecule has 1 aliphatic rings. The highest BCUT2D eigenvalue weighted by atomic mass is 19.4. The Morgan fingerprint density at radius 3 is 2.06 bits per heavy atom. The van der Waals surface area contributed by atoms with E-state index in [4.69, 9.17) is 4.74 Å². The zero-order valence-electron chi connectivity index (χ0n) is 8.44. The lowest BCUT2D eigenvalue weighted by Crippen LogP contribution is -2.57. The fourth-order valence-electron chi connectivity index (χ4n) is 1.42. The molecule has 1 saturated heterocycles. The Morgan fingerprint density at radius 2 is 1.69 bits per heavy atom. The molecule has 2 unspecified atom stereocenters. The first-order valence-electron chi connectivity index (χ1n) is 4.68. The maximum absolute atomic E-state index is 13.5. The number of nitrogens with zero attached hydrogens (tertiary/aromatic N) is 1. The molecule has 1 rings (SSSR count). The number of hydrogen-bond acceptors (Lipinski definition) is 2. The summed E-state index contributed by atoms with van der Waals surface area (Å²) in [5.74, 6) is 0. The van der Waals surface area contributed by atoms with E-state index in [1.807, 2.05) is 0 Å². The normalized spacial score (nSPS) is 24.8. The number of ether oxygens (including phenoxy) is 1. The zero-order valence-corrected chi connectivity index (χ0v) is 8.44. The van der Waals surface area contributed by atoms with E-state index in [1.54, 1.807) is 0 Å². The summed E-state index contributed by atoms with van der Waals surface area (Å²) in [6, 6.07) is 0. The summed E-state index contributed by atoms with van der Waals surface area (Å²) in [4.78, 5) is 0.763. The second-order valence-electron chi connectivity index (χ2n) is 3.45. The summed E-state index contributed by atoms with van der Waals surface area (Å²) in [6.45, 7) is 2.75. The van der Waals surface area contributed by atoms with Crippen LogP contribution in [0, 0.1) is 0 Å². The topological polar surface area (TPSA) is 12.5 Å². The Balaban J connectivity index is 2.82. The maximum atomic E-state index is 13.5. The molecule has 0 saturated carbocycles. The van der Waals surface area contributed by atoms with Crippen LogP contribution in [0.1, 0.15) is 0 Å². The molecule has 0 spiro atoms. The van der Waals surface area contributed by atoms with Gasteiger partial charge in [0.1, 0.15) is 0 Å². The number of hydrogen-bond donors (Lipinski definition) is 0. The number of halogens is 5. The van der Waals surface area contributed by atoms with Crippen LogP contribution in [-0.2, 0) is 4.74 Å². The largest absolute Gasteiger partial charge is 0.430 e. The van der Waals surface area contributed by atoms with Gasteiger partial charge in [0.2, 0.25) is 6.30 Å². The van der Waals surface area contributed by atoms with Crippen molar-refractivity contribution >= 4 is 0 Å². The molecular weight excluding hydrogens is 233 g/mol. The Morgan fingerprint density at radius 1 is 1.19 bits per heavy atom. The molecular formula is C9H12F5NO. The number of morpholine rings is 1. The van der Waals surface area contributed by atoms with Crippen LogP contribution < -0.4 is 0 Å². The van der Waals surface area contributed by atoms with Gasteiger partial charge in [-0.05, 0) is 6.08 Å². The van der Waals surface area contributed by atoms with Crippen molar-refractivity contribution < 1.29 is 26.7 Å². The van der Waals surface area contributed by atoms with Gasteiger partial charge in [-0.1, -0.05) is 6.58 Å². The van der Waals surface area contributed by atoms with Crippen LogP contribution in [0.5, 0.6) is 0 Å². The quantitative estimate of drug-likeness (QED) is 0.429. The maximum Gasteiger partial charge on any atom is 0.430 e. The second-order valence-corrected chi connectivity index (χ2v) is 3.45. The van der Waals surface area contributed by atoms with Crippen molar-refractivity contribution in [3.05, 3.63) is 12.7 Å². The minimum absolute atomic E-state index is 0.0346. The van der Waals surface area contributed by atoms with Crippen molar-refractivity contribution in [3.63, 3.8) is 0 Å². The summed E-state index contributed by atoms with van der Waals surface area (Å²) in [5.41, 5.74) is -4.04. The molecule has 0 radical (unpaired) electrons. The van der Waals surface area contributed by atoms with Gasteiger partial charge < -0.3 is 4.74 Å². The lowest BCUT2D eigenvalue weighted by atomic mass is 10.0. The van der Waals surface area contributed by atoms with E-state index in [-0.39, 0.29) is 32.4 Å². The molecule has 7 heteroatoms. The van der Waals surface area contributed by atoms with E-state index in [0.717, 1.165) is 4.90 Å². The average Bonchev–Trinajstić information content (AvgIpc) is 2.26. The Hall–Kier alpha value is -0.690. The van der Waals surface area contributed by atoms with Gasteiger partial charge in [-0.15, -0.1) is 0 Å². The highest BCUT2D eigenvalue weighted by Crippen LogP contribution is 2.40. The minimum atomic E-state index is -5.31. The van der Waals surface area contributed by atoms with E-state index in [1.165, 1.54) is 0 Å². The van der Waals surface area contributed by atoms with Crippen molar-refractivity contribution in [2.24, 2.45) is 0 Å². The molecule has 2 nitrogen and oxygen atoms in total. The fourth-order valence-corrected chi connectivity index (χ4v) is 1.42. The first kappa shape index (κ1) is 13.4. The molecule has 16 heavy (non-hydrogen) atoms. The molecule has 0 amide bonds. The lowest BCUT2D eigenvalue weighted by molar-refractivity contribution is -0.252. The molecule has 0 bridgehead atoms. The van der Waals surface area contributed by atoms with E-state index in [9.17, 15) is 22.0 Å². The third-order valence-electron chi connectivity index (χ3n) is 2.44. The van der Waals surface area contributed by atoms with Gasteiger partial charge in [-0.2, -0.15) is 13.2 Å². The standard InChI is InChI=1S/C9H12F5NO/c1-2-8(11,9(12,13)14)7(10)15-3-5-16-6-4-15/h2,7H,1,3-6H2. The number of rotatable bonds is 3. The minimum Gasteiger partial charge on any atom is -0.379 e. The summed E-state index contributed by atoms with van der Waals surface area (Å²) in [5, 5.41) is 0. The second kappa shape index (κ2) is 4.67. The van der Waals surface area contributed by atoms with Gasteiger partial charge >= 0.3 is 6.18 Å². The molecule has 0 aromatic carbocycles. The number of alkyl halides is 5. The Bertz CT molecular complexity index is 251. The van der Waals surface area contributed by atoms with Crippen LogP contribution in [0.2, 0.25) is 0 Å². The third-order valence-corrected chi connectivity index (χ3v) is 2.44. The monoisotopic (exact) mass is 245 g/mol. The Labute approximate surface area is 89.7 Å². The summed E-state index contributed by atoms with van der Waals surface area (Å²) in [7, 11) is 0. The van der Waals surface area contributed by atoms with Crippen molar-refractivity contribution in [2.45, 2.75) is 18.1 Å². The molecule has 0 N–H and O–H groups in total. The highest BCUT2D eigenvalue weighted by Gasteiger charge is 2.61. The van der Waals surface area contributed by atoms with Crippen molar-refractivity contribution in [1.82, 2.24) is 4.90 Å². The average molecular weight is 245 g/mol. The van der Waals surface area contributed by atoms with Gasteiger partial charge in [0.05, 0.1) is 13.2 Å². The van der Waals surface area contributed by atoms with Gasteiger partial charge in [0, 0.05) is 13.1 Å². The van der Waals surface area contributed by atoms with Crippen LogP contribution in [0.25, 0.3) is 0 Å². The summed E-state index contributed by atoms with van der Waals surface area (Å²) in [6.07, 6.45) is -8.13. The summed E-state index contributed by atoms with van der Waals surface area (Å²) >= 11 is 0. The van der Waals surface area contributed by atoms with E-state index >= 15 is 0 Å². The van der Waals surface area contributed by atoms with E-state index in [2.05, 4.69) is 6.58 Å². The van der Waals surface area contributed by atoms with Crippen molar-refractivity contribution in [1.29, 1.82) is 0 Å². The first-order valence-corrected chi connectivity index (χ1v) is 4.68. The molecule has 1 aliphatic heterocycles. The third kappa shape index (κ3) is 2.35. The van der Waals surface area contributed by atoms with Gasteiger partial charge in [-0.25, -0.2) is 8.78 Å². The predicted molar refractivity (Wildman–Crippen MR) is 47.4 cm³/mol. The van der Waals surface area contributed by atoms with E-state index < -0.39 is 18.1 Å². The van der Waals surface area contributed by atoms with Crippen LogP contribution >= 0.6 is 0 Å². The summed E-state index contributed by atoms with van der Waals surface area (Å²) < 4.78 is 69.0. The van der Waals surface area contributed by atoms with Crippen LogP contribution in [-0.4, -0.2) is 49.3 Å². The molecule has 1 heterocycles. The zero-order chi connectivity index (χ0) is 12.4. The SMILES string of the molecule is C=CC(F)(C(F)N1CCOCC1)C(F)(F)F. The molecule has 0 aliphatic carbocycles. The lowest BCUT2D eigenvalue weighted by Gasteiger charge is -2.37. The van der Waals surface area contributed by atoms with Crippen LogP contribution in [0.3, 0.4) is 0 Å². The van der Waals surface area contributed by atoms with Crippen LogP contribution in [0.4, 0.5) is 22.0 Å². The van der Waals surface area contributed by atoms with Gasteiger partial charge in [0.15, 0.2) is 0 Å². The molecule has 94 valence electrons. The van der Waals surface area contributed by atoms with Gasteiger partial charge in [0.25, 0.3) is 5.67 Å². The van der Waals surface area contributed by atoms with Gasteiger partial charge in [-0.3, -0.25) is 4.90 Å². The smallest absolute Gasteiger partial charge is 0.379 e. The molecule has 1 fully saturated rings. The fraction of sp³-hybridized carbons (Fsp3) is 0.778. The molecule has 2 atom stereocenters. The molecule has 0 aromatic rings. The van der Waals surface area contributed by atoms with Crippen LogP contribution in [0.15, 0.2) is 12.7 Å². The van der Waals surface area contributed by atoms with Crippen molar-refractivity contribution in [3.8, 4) is 0 Å². The first-order chi connectivity index (χ1) is 7.33. The molecule has 0 aromatic heterocycles. The highest BCUT2D eigenvalue weighted by molar-refractivity contribution is 5.07. The Kier molecular flexibility index (Phi) is 3.90. The van der Waals surface area contributed by atoms with E-state index in [0.29, 0.717) is 0 Å². The predicted octanol–water partition coefficient (Wildman–Crippen LogP) is 2.07. The van der Waals surface area contributed by atoms with Crippen molar-refractivity contribution in [2.75, 3.05) is 26.3 Å².